The van der Waals surface area contributed by atoms with Crippen molar-refractivity contribution in [3.8, 4) is 11.1 Å². The molecule has 0 atom stereocenters. The highest BCUT2D eigenvalue weighted by atomic mass is 35.5. The fraction of sp³-hybridized carbons (Fsp3) is 0.160. The first-order valence-electron chi connectivity index (χ1n) is 9.94. The van der Waals surface area contributed by atoms with Crippen LogP contribution in [0, 0.1) is 5.82 Å². The molecule has 0 heterocycles. The Morgan fingerprint density at radius 1 is 1.00 bits per heavy atom. The molecule has 3 aromatic carbocycles. The molecule has 3 nitrogen and oxygen atoms in total. The van der Waals surface area contributed by atoms with Gasteiger partial charge in [0.1, 0.15) is 6.61 Å². The maximum absolute atomic E-state index is 13.4. The molecule has 0 fully saturated rings. The first-order valence-corrected chi connectivity index (χ1v) is 10.7. The molecule has 0 spiro atoms. The van der Waals surface area contributed by atoms with Gasteiger partial charge >= 0.3 is 6.09 Å². The number of halogens is 3. The third-order valence-electron chi connectivity index (χ3n) is 5.24. The molecule has 0 aromatic heterocycles. The van der Waals surface area contributed by atoms with Gasteiger partial charge in [0, 0.05) is 12.5 Å². The van der Waals surface area contributed by atoms with Crippen molar-refractivity contribution in [3.63, 3.8) is 0 Å². The second-order valence-electron chi connectivity index (χ2n) is 7.24. The highest BCUT2D eigenvalue weighted by Crippen LogP contribution is 2.44. The number of hydrogen-bond donors (Lipinski definition) is 1. The molecule has 31 heavy (non-hydrogen) atoms. The summed E-state index contributed by atoms with van der Waals surface area (Å²) in [4.78, 5) is 12.1. The van der Waals surface area contributed by atoms with E-state index in [2.05, 4.69) is 29.6 Å². The molecule has 0 radical (unpaired) electrons. The molecule has 0 aliphatic heterocycles. The van der Waals surface area contributed by atoms with Crippen LogP contribution in [0.4, 0.5) is 9.18 Å². The number of alkyl carbamates (subject to hydrolysis) is 1. The van der Waals surface area contributed by atoms with Crippen LogP contribution in [0.1, 0.15) is 29.0 Å². The molecule has 1 aliphatic rings. The van der Waals surface area contributed by atoms with Gasteiger partial charge in [-0.15, -0.1) is 0 Å². The van der Waals surface area contributed by atoms with Crippen LogP contribution in [0.2, 0.25) is 10.0 Å². The average molecular weight is 456 g/mol. The normalized spacial score (nSPS) is 12.6. The molecular formula is C25H20Cl2FNO2. The summed E-state index contributed by atoms with van der Waals surface area (Å²) in [5.41, 5.74) is 5.43. The minimum absolute atomic E-state index is 0.0242. The van der Waals surface area contributed by atoms with E-state index in [1.54, 1.807) is 6.08 Å². The lowest BCUT2D eigenvalue weighted by molar-refractivity contribution is 0.143. The van der Waals surface area contributed by atoms with Gasteiger partial charge in [-0.3, -0.25) is 0 Å². The Hall–Kier alpha value is -2.82. The van der Waals surface area contributed by atoms with Crippen molar-refractivity contribution in [1.29, 1.82) is 0 Å². The molecule has 158 valence electrons. The number of benzene rings is 3. The Labute approximate surface area is 190 Å². The van der Waals surface area contributed by atoms with Crippen LogP contribution in [-0.2, 0) is 4.74 Å². The third kappa shape index (κ3) is 4.76. The van der Waals surface area contributed by atoms with Gasteiger partial charge in [0.05, 0.1) is 10.0 Å². The Bertz CT molecular complexity index is 1080. The minimum atomic E-state index is -0.627. The Kier molecular flexibility index (Phi) is 6.59. The monoisotopic (exact) mass is 455 g/mol. The highest BCUT2D eigenvalue weighted by molar-refractivity contribution is 6.35. The smallest absolute Gasteiger partial charge is 0.407 e. The maximum Gasteiger partial charge on any atom is 0.407 e. The number of fused-ring (bicyclic) bond motifs is 3. The van der Waals surface area contributed by atoms with Crippen LogP contribution in [0.5, 0.6) is 0 Å². The molecule has 0 saturated carbocycles. The third-order valence-corrected chi connectivity index (χ3v) is 5.79. The van der Waals surface area contributed by atoms with Crippen LogP contribution >= 0.6 is 23.2 Å². The lowest BCUT2D eigenvalue weighted by atomic mass is 9.98. The molecule has 0 unspecified atom stereocenters. The summed E-state index contributed by atoms with van der Waals surface area (Å²) in [5.74, 6) is -0.594. The first-order chi connectivity index (χ1) is 15.0. The van der Waals surface area contributed by atoms with Crippen LogP contribution in [-0.4, -0.2) is 19.2 Å². The predicted octanol–water partition coefficient (Wildman–Crippen LogP) is 7.07. The lowest BCUT2D eigenvalue weighted by Crippen LogP contribution is -2.26. The van der Waals surface area contributed by atoms with E-state index in [4.69, 9.17) is 27.9 Å². The molecule has 0 saturated heterocycles. The van der Waals surface area contributed by atoms with Crippen LogP contribution in [0.25, 0.3) is 17.2 Å². The minimum Gasteiger partial charge on any atom is -0.449 e. The molecule has 6 heteroatoms. The van der Waals surface area contributed by atoms with Gasteiger partial charge in [0.15, 0.2) is 5.82 Å². The number of amides is 1. The molecule has 1 aliphatic carbocycles. The van der Waals surface area contributed by atoms with Gasteiger partial charge in [-0.1, -0.05) is 83.9 Å². The van der Waals surface area contributed by atoms with E-state index in [1.807, 2.05) is 30.3 Å². The topological polar surface area (TPSA) is 38.3 Å². The van der Waals surface area contributed by atoms with Crippen molar-refractivity contribution in [2.45, 2.75) is 12.3 Å². The summed E-state index contributed by atoms with van der Waals surface area (Å²) in [5, 5.41) is 2.70. The van der Waals surface area contributed by atoms with Crippen molar-refractivity contribution in [1.82, 2.24) is 5.32 Å². The molecule has 1 amide bonds. The van der Waals surface area contributed by atoms with Crippen molar-refractivity contribution in [2.75, 3.05) is 13.2 Å². The van der Waals surface area contributed by atoms with E-state index in [9.17, 15) is 9.18 Å². The fourth-order valence-corrected chi connectivity index (χ4v) is 4.30. The molecular weight excluding hydrogens is 436 g/mol. The zero-order valence-corrected chi connectivity index (χ0v) is 18.1. The number of nitrogens with one attached hydrogen (secondary N) is 1. The Morgan fingerprint density at radius 3 is 2.19 bits per heavy atom. The van der Waals surface area contributed by atoms with E-state index < -0.39 is 11.9 Å². The summed E-state index contributed by atoms with van der Waals surface area (Å²) in [6.07, 6.45) is 3.75. The maximum atomic E-state index is 13.4. The van der Waals surface area contributed by atoms with Gasteiger partial charge in [-0.25, -0.2) is 9.18 Å². The Morgan fingerprint density at radius 2 is 1.58 bits per heavy atom. The largest absolute Gasteiger partial charge is 0.449 e. The van der Waals surface area contributed by atoms with Crippen molar-refractivity contribution < 1.29 is 13.9 Å². The van der Waals surface area contributed by atoms with E-state index >= 15 is 0 Å². The van der Waals surface area contributed by atoms with E-state index in [0.29, 0.717) is 18.5 Å². The second-order valence-corrected chi connectivity index (χ2v) is 8.06. The first kappa shape index (κ1) is 21.4. The van der Waals surface area contributed by atoms with E-state index in [-0.39, 0.29) is 22.6 Å². The second kappa shape index (κ2) is 9.54. The van der Waals surface area contributed by atoms with E-state index in [1.165, 1.54) is 34.4 Å². The van der Waals surface area contributed by atoms with Gasteiger partial charge in [0.25, 0.3) is 0 Å². The van der Waals surface area contributed by atoms with Crippen molar-refractivity contribution in [3.05, 3.63) is 99.3 Å². The standard InChI is InChI=1S/C25H20Cl2FNO2/c26-22-13-16(14-23(27)24(22)28)7-5-6-12-29-25(30)31-15-21-19-10-3-1-8-17(19)18-9-2-4-11-20(18)21/h1-5,7-11,13-14,21H,6,12,15H2,(H,29,30). The predicted molar refractivity (Wildman–Crippen MR) is 123 cm³/mol. The van der Waals surface area contributed by atoms with Gasteiger partial charge in [0.2, 0.25) is 0 Å². The highest BCUT2D eigenvalue weighted by Gasteiger charge is 2.28. The van der Waals surface area contributed by atoms with Crippen LogP contribution < -0.4 is 5.32 Å². The molecule has 0 bridgehead atoms. The lowest BCUT2D eigenvalue weighted by Gasteiger charge is -2.14. The quantitative estimate of drug-likeness (QED) is 0.318. The van der Waals surface area contributed by atoms with Crippen molar-refractivity contribution in [2.24, 2.45) is 0 Å². The summed E-state index contributed by atoms with van der Waals surface area (Å²) < 4.78 is 18.9. The molecule has 4 rings (SSSR count). The van der Waals surface area contributed by atoms with E-state index in [0.717, 1.165) is 0 Å². The summed E-state index contributed by atoms with van der Waals surface area (Å²) in [6.45, 7) is 0.693. The summed E-state index contributed by atoms with van der Waals surface area (Å²) >= 11 is 11.6. The Balaban J connectivity index is 1.28. The summed E-state index contributed by atoms with van der Waals surface area (Å²) in [7, 11) is 0. The van der Waals surface area contributed by atoms with Crippen molar-refractivity contribution >= 4 is 35.4 Å². The van der Waals surface area contributed by atoms with Gasteiger partial charge in [-0.2, -0.15) is 0 Å². The average Bonchev–Trinajstić information content (AvgIpc) is 3.09. The SMILES string of the molecule is O=C(NCCC=Cc1cc(Cl)c(F)c(Cl)c1)OCC1c2ccccc2-c2ccccc21. The fourth-order valence-electron chi connectivity index (χ4n) is 3.80. The summed E-state index contributed by atoms with van der Waals surface area (Å²) in [6, 6.07) is 19.4. The number of carbonyl (C=O) groups excluding carboxylic acids is 1. The zero-order valence-electron chi connectivity index (χ0n) is 16.6. The number of ether oxygens (including phenoxy) is 1. The van der Waals surface area contributed by atoms with Crippen LogP contribution in [0.3, 0.4) is 0 Å². The number of rotatable bonds is 6. The van der Waals surface area contributed by atoms with Crippen LogP contribution in [0.15, 0.2) is 66.7 Å². The zero-order chi connectivity index (χ0) is 21.8. The molecule has 3 aromatic rings. The number of carbonyl (C=O) groups is 1. The van der Waals surface area contributed by atoms with Gasteiger partial charge < -0.3 is 10.1 Å². The van der Waals surface area contributed by atoms with Gasteiger partial charge in [-0.05, 0) is 46.4 Å². The number of hydrogen-bond acceptors (Lipinski definition) is 2. The molecule has 1 N–H and O–H groups in total.